The molecule has 3 nitrogen and oxygen atoms in total. The second-order valence-electron chi connectivity index (χ2n) is 13.6. The Morgan fingerprint density at radius 1 is 0.273 bits per heavy atom. The number of rotatable bonds is 7. The molecule has 0 radical (unpaired) electrons. The fourth-order valence-electron chi connectivity index (χ4n) is 7.47. The van der Waals surface area contributed by atoms with Crippen LogP contribution in [0.1, 0.15) is 0 Å². The van der Waals surface area contributed by atoms with Crippen LogP contribution in [0.25, 0.3) is 98.8 Å². The summed E-state index contributed by atoms with van der Waals surface area (Å²) in [6, 6.07) is 70.7. The molecule has 2 aromatic heterocycles. The van der Waals surface area contributed by atoms with E-state index in [9.17, 15) is 0 Å². The highest BCUT2D eigenvalue weighted by Crippen LogP contribution is 2.42. The number of nitrogens with zero attached hydrogens (tertiary/aromatic N) is 3. The summed E-state index contributed by atoms with van der Waals surface area (Å²) in [4.78, 5) is 15.1. The Hall–Kier alpha value is -7.01. The van der Waals surface area contributed by atoms with Gasteiger partial charge in [0.15, 0.2) is 17.5 Å². The van der Waals surface area contributed by atoms with Gasteiger partial charge in [-0.05, 0) is 74.8 Å². The Kier molecular flexibility index (Phi) is 8.36. The Balaban J connectivity index is 1.08. The molecule has 0 amide bonds. The van der Waals surface area contributed by atoms with E-state index in [2.05, 4.69) is 164 Å². The molecule has 0 atom stereocenters. The summed E-state index contributed by atoms with van der Waals surface area (Å²) in [6.07, 6.45) is 0. The zero-order chi connectivity index (χ0) is 36.6. The van der Waals surface area contributed by atoms with Crippen molar-refractivity contribution in [2.75, 3.05) is 0 Å². The molecule has 8 aromatic carbocycles. The fourth-order valence-corrected chi connectivity index (χ4v) is 8.58. The van der Waals surface area contributed by atoms with Crippen molar-refractivity contribution in [3.8, 4) is 78.7 Å². The minimum atomic E-state index is 0.658. The minimum Gasteiger partial charge on any atom is -0.208 e. The van der Waals surface area contributed by atoms with Crippen LogP contribution in [0.4, 0.5) is 0 Å². The number of hydrogen-bond acceptors (Lipinski definition) is 4. The highest BCUT2D eigenvalue weighted by Gasteiger charge is 2.18. The molecule has 0 aliphatic heterocycles. The quantitative estimate of drug-likeness (QED) is 0.165. The predicted molar refractivity (Wildman–Crippen MR) is 231 cm³/mol. The Bertz CT molecular complexity index is 2910. The lowest BCUT2D eigenvalue weighted by atomic mass is 9.91. The molecule has 258 valence electrons. The number of hydrogen-bond donors (Lipinski definition) is 0. The van der Waals surface area contributed by atoms with E-state index in [4.69, 9.17) is 15.0 Å². The lowest BCUT2D eigenvalue weighted by Gasteiger charge is -2.13. The first-order valence-corrected chi connectivity index (χ1v) is 19.3. The van der Waals surface area contributed by atoms with Crippen LogP contribution in [0.2, 0.25) is 0 Å². The van der Waals surface area contributed by atoms with E-state index in [1.165, 1.54) is 53.7 Å². The first-order valence-electron chi connectivity index (χ1n) is 18.4. The van der Waals surface area contributed by atoms with Crippen molar-refractivity contribution in [2.45, 2.75) is 0 Å². The van der Waals surface area contributed by atoms with Crippen molar-refractivity contribution in [3.05, 3.63) is 200 Å². The second-order valence-corrected chi connectivity index (χ2v) is 14.7. The van der Waals surface area contributed by atoms with Crippen molar-refractivity contribution >= 4 is 31.5 Å². The van der Waals surface area contributed by atoms with Gasteiger partial charge >= 0.3 is 0 Å². The van der Waals surface area contributed by atoms with Gasteiger partial charge in [0, 0.05) is 36.9 Å². The van der Waals surface area contributed by atoms with Crippen molar-refractivity contribution in [2.24, 2.45) is 0 Å². The van der Waals surface area contributed by atoms with Gasteiger partial charge in [-0.2, -0.15) is 0 Å². The summed E-state index contributed by atoms with van der Waals surface area (Å²) in [5.41, 5.74) is 12.5. The molecule has 0 bridgehead atoms. The van der Waals surface area contributed by atoms with Crippen molar-refractivity contribution in [3.63, 3.8) is 0 Å². The van der Waals surface area contributed by atoms with Crippen LogP contribution < -0.4 is 0 Å². The van der Waals surface area contributed by atoms with Gasteiger partial charge in [0.05, 0.1) is 0 Å². The normalized spacial score (nSPS) is 11.3. The maximum absolute atomic E-state index is 5.10. The third-order valence-electron chi connectivity index (χ3n) is 10.2. The lowest BCUT2D eigenvalue weighted by Crippen LogP contribution is -2.00. The van der Waals surface area contributed by atoms with Crippen LogP contribution in [0.3, 0.4) is 0 Å². The van der Waals surface area contributed by atoms with E-state index in [0.717, 1.165) is 27.6 Å². The fraction of sp³-hybridized carbons (Fsp3) is 0. The molecule has 0 N–H and O–H groups in total. The third-order valence-corrected chi connectivity index (χ3v) is 11.3. The van der Waals surface area contributed by atoms with Crippen molar-refractivity contribution in [1.29, 1.82) is 0 Å². The maximum Gasteiger partial charge on any atom is 0.164 e. The average Bonchev–Trinajstić information content (AvgIpc) is 3.66. The van der Waals surface area contributed by atoms with Crippen molar-refractivity contribution in [1.82, 2.24) is 15.0 Å². The molecule has 0 spiro atoms. The van der Waals surface area contributed by atoms with Gasteiger partial charge in [-0.1, -0.05) is 170 Å². The zero-order valence-corrected chi connectivity index (χ0v) is 30.6. The highest BCUT2D eigenvalue weighted by molar-refractivity contribution is 7.26. The Labute approximate surface area is 323 Å². The Morgan fingerprint density at radius 2 is 0.709 bits per heavy atom. The molecule has 4 heteroatoms. The highest BCUT2D eigenvalue weighted by atomic mass is 32.1. The molecular formula is C51H33N3S. The van der Waals surface area contributed by atoms with Gasteiger partial charge in [0.2, 0.25) is 0 Å². The van der Waals surface area contributed by atoms with Crippen molar-refractivity contribution < 1.29 is 0 Å². The van der Waals surface area contributed by atoms with E-state index in [-0.39, 0.29) is 0 Å². The average molecular weight is 720 g/mol. The van der Waals surface area contributed by atoms with E-state index in [1.54, 1.807) is 11.3 Å². The van der Waals surface area contributed by atoms with Crippen LogP contribution in [-0.2, 0) is 0 Å². The minimum absolute atomic E-state index is 0.658. The third kappa shape index (κ3) is 6.29. The predicted octanol–water partition coefficient (Wildman–Crippen LogP) is 13.9. The molecule has 0 saturated carbocycles. The molecule has 0 unspecified atom stereocenters. The number of fused-ring (bicyclic) bond motifs is 3. The SMILES string of the molecule is c1ccc(-c2cccc(-c3ccccc3-c3cccc(-c4ccc5sc6cccc(-c7nc(-c8ccccc8)nc(-c8ccccc8)n7)c6c5c4)c3)c2)cc1. The molecule has 0 saturated heterocycles. The van der Waals surface area contributed by atoms with E-state index >= 15 is 0 Å². The first kappa shape index (κ1) is 32.6. The zero-order valence-electron chi connectivity index (χ0n) is 29.8. The summed E-state index contributed by atoms with van der Waals surface area (Å²) >= 11 is 1.80. The van der Waals surface area contributed by atoms with Crippen LogP contribution in [0, 0.1) is 0 Å². The summed E-state index contributed by atoms with van der Waals surface area (Å²) < 4.78 is 2.43. The Morgan fingerprint density at radius 3 is 1.31 bits per heavy atom. The van der Waals surface area contributed by atoms with Gasteiger partial charge in [-0.25, -0.2) is 15.0 Å². The summed E-state index contributed by atoms with van der Waals surface area (Å²) in [7, 11) is 0. The smallest absolute Gasteiger partial charge is 0.164 e. The molecule has 10 rings (SSSR count). The van der Waals surface area contributed by atoms with Gasteiger partial charge in [0.25, 0.3) is 0 Å². The number of thiophene rings is 1. The standard InChI is InChI=1S/C51H33N3S/c1-4-15-34(16-5-1)37-21-12-23-40(31-37)42-25-10-11-26-43(42)41-24-13-22-38(32-41)39-29-30-46-45(33-39)48-44(27-14-28-47(48)55-46)51-53-49(35-17-6-2-7-18-35)52-50(54-51)36-19-8-3-9-20-36/h1-33H. The van der Waals surface area contributed by atoms with Gasteiger partial charge in [-0.3, -0.25) is 0 Å². The molecule has 0 aliphatic rings. The van der Waals surface area contributed by atoms with Gasteiger partial charge in [-0.15, -0.1) is 11.3 Å². The summed E-state index contributed by atoms with van der Waals surface area (Å²) in [6.45, 7) is 0. The summed E-state index contributed by atoms with van der Waals surface area (Å²) in [5.74, 6) is 1.98. The molecule has 2 heterocycles. The molecular weight excluding hydrogens is 687 g/mol. The van der Waals surface area contributed by atoms with E-state index < -0.39 is 0 Å². The second kappa shape index (κ2) is 14.1. The molecule has 0 aliphatic carbocycles. The van der Waals surface area contributed by atoms with Crippen LogP contribution in [0.5, 0.6) is 0 Å². The van der Waals surface area contributed by atoms with E-state index in [0.29, 0.717) is 17.5 Å². The first-order chi connectivity index (χ1) is 27.2. The topological polar surface area (TPSA) is 38.7 Å². The molecule has 55 heavy (non-hydrogen) atoms. The monoisotopic (exact) mass is 719 g/mol. The van der Waals surface area contributed by atoms with Crippen LogP contribution >= 0.6 is 11.3 Å². The number of benzene rings is 8. The van der Waals surface area contributed by atoms with Gasteiger partial charge < -0.3 is 0 Å². The molecule has 0 fully saturated rings. The largest absolute Gasteiger partial charge is 0.208 e. The van der Waals surface area contributed by atoms with Crippen LogP contribution in [-0.4, -0.2) is 15.0 Å². The number of aromatic nitrogens is 3. The van der Waals surface area contributed by atoms with Crippen LogP contribution in [0.15, 0.2) is 200 Å². The van der Waals surface area contributed by atoms with Gasteiger partial charge in [0.1, 0.15) is 0 Å². The summed E-state index contributed by atoms with van der Waals surface area (Å²) in [5, 5.41) is 2.35. The molecule has 10 aromatic rings. The lowest BCUT2D eigenvalue weighted by molar-refractivity contribution is 1.08. The maximum atomic E-state index is 5.10. The van der Waals surface area contributed by atoms with E-state index in [1.807, 2.05) is 36.4 Å².